The third-order valence-corrected chi connectivity index (χ3v) is 5.44. The Morgan fingerprint density at radius 3 is 2.58 bits per heavy atom. The minimum absolute atomic E-state index is 0.0768. The molecule has 1 aliphatic rings. The van der Waals surface area contributed by atoms with Gasteiger partial charge in [0.2, 0.25) is 17.5 Å². The summed E-state index contributed by atoms with van der Waals surface area (Å²) in [7, 11) is 3.17. The molecule has 0 atom stereocenters. The number of rotatable bonds is 6. The van der Waals surface area contributed by atoms with Crippen LogP contribution in [0.1, 0.15) is 27.5 Å². The fraction of sp³-hybridized carbons (Fsp3) is 0.240. The highest BCUT2D eigenvalue weighted by Crippen LogP contribution is 2.26. The van der Waals surface area contributed by atoms with Gasteiger partial charge < -0.3 is 23.7 Å². The number of benzene rings is 2. The Balaban J connectivity index is 1.45. The maximum Gasteiger partial charge on any atom is 0.257 e. The molecule has 0 N–H and O–H groups in total. The van der Waals surface area contributed by atoms with Crippen molar-refractivity contribution in [3.8, 4) is 17.6 Å². The number of oxazole rings is 1. The average Bonchev–Trinajstić information content (AvgIpc) is 3.30. The summed E-state index contributed by atoms with van der Waals surface area (Å²) >= 11 is 0. The minimum Gasteiger partial charge on any atom is -0.497 e. The van der Waals surface area contributed by atoms with E-state index in [1.807, 2.05) is 47.4 Å². The molecule has 3 aromatic rings. The van der Waals surface area contributed by atoms with Crippen molar-refractivity contribution in [1.82, 2.24) is 9.88 Å². The lowest BCUT2D eigenvalue weighted by atomic mass is 10.1. The number of anilines is 1. The van der Waals surface area contributed by atoms with Gasteiger partial charge in [-0.3, -0.25) is 4.79 Å². The van der Waals surface area contributed by atoms with Crippen LogP contribution in [-0.4, -0.2) is 56.2 Å². The van der Waals surface area contributed by atoms with Crippen LogP contribution >= 0.6 is 0 Å². The zero-order valence-electron chi connectivity index (χ0n) is 18.5. The first-order chi connectivity index (χ1) is 16.1. The molecule has 1 amide bonds. The normalized spacial score (nSPS) is 13.7. The van der Waals surface area contributed by atoms with Gasteiger partial charge in [-0.15, -0.1) is 0 Å². The number of aromatic nitrogens is 1. The van der Waals surface area contributed by atoms with Crippen molar-refractivity contribution in [3.63, 3.8) is 0 Å². The summed E-state index contributed by atoms with van der Waals surface area (Å²) < 4.78 is 16.4. The number of ether oxygens (including phenoxy) is 2. The van der Waals surface area contributed by atoms with E-state index in [4.69, 9.17) is 13.9 Å². The number of methoxy groups -OCH3 is 2. The largest absolute Gasteiger partial charge is 0.497 e. The molecule has 4 rings (SSSR count). The van der Waals surface area contributed by atoms with Gasteiger partial charge in [-0.1, -0.05) is 24.3 Å². The number of amides is 1. The van der Waals surface area contributed by atoms with E-state index in [9.17, 15) is 10.1 Å². The number of piperazine rings is 1. The third kappa shape index (κ3) is 4.83. The quantitative estimate of drug-likeness (QED) is 0.572. The lowest BCUT2D eigenvalue weighted by Crippen LogP contribution is -2.49. The van der Waals surface area contributed by atoms with E-state index in [0.717, 1.165) is 11.3 Å². The number of carbonyl (C=O) groups excluding carboxylic acids is 1. The van der Waals surface area contributed by atoms with E-state index >= 15 is 0 Å². The predicted molar refractivity (Wildman–Crippen MR) is 124 cm³/mol. The van der Waals surface area contributed by atoms with Crippen molar-refractivity contribution < 1.29 is 18.7 Å². The molecule has 33 heavy (non-hydrogen) atoms. The SMILES string of the molecule is COc1cccc(/C=C/c2nc(C#N)c(N3CCN(C(=O)c4ccccc4OC)CC3)o2)c1. The maximum atomic E-state index is 12.9. The van der Waals surface area contributed by atoms with Gasteiger partial charge >= 0.3 is 0 Å². The maximum absolute atomic E-state index is 12.9. The van der Waals surface area contributed by atoms with Gasteiger partial charge in [0, 0.05) is 32.3 Å². The van der Waals surface area contributed by atoms with Gasteiger partial charge in [-0.2, -0.15) is 10.2 Å². The molecule has 0 radical (unpaired) electrons. The molecule has 0 saturated carbocycles. The van der Waals surface area contributed by atoms with Crippen molar-refractivity contribution in [2.24, 2.45) is 0 Å². The van der Waals surface area contributed by atoms with Crippen molar-refractivity contribution >= 4 is 23.9 Å². The Morgan fingerprint density at radius 1 is 1.06 bits per heavy atom. The van der Waals surface area contributed by atoms with Gasteiger partial charge in [0.25, 0.3) is 5.91 Å². The average molecular weight is 444 g/mol. The monoisotopic (exact) mass is 444 g/mol. The second-order valence-corrected chi connectivity index (χ2v) is 7.41. The summed E-state index contributed by atoms with van der Waals surface area (Å²) in [5.41, 5.74) is 1.69. The fourth-order valence-electron chi connectivity index (χ4n) is 3.70. The fourth-order valence-corrected chi connectivity index (χ4v) is 3.70. The second kappa shape index (κ2) is 9.92. The Bertz CT molecular complexity index is 1200. The summed E-state index contributed by atoms with van der Waals surface area (Å²) in [6, 6.07) is 16.9. The molecule has 8 heteroatoms. The molecule has 168 valence electrons. The zero-order valence-corrected chi connectivity index (χ0v) is 18.5. The highest BCUT2D eigenvalue weighted by atomic mass is 16.5. The van der Waals surface area contributed by atoms with Gasteiger partial charge in [0.15, 0.2) is 0 Å². The van der Waals surface area contributed by atoms with Gasteiger partial charge in [0.1, 0.15) is 17.6 Å². The molecule has 0 unspecified atom stereocenters. The summed E-state index contributed by atoms with van der Waals surface area (Å²) in [5, 5.41) is 9.54. The lowest BCUT2D eigenvalue weighted by molar-refractivity contribution is 0.0742. The van der Waals surface area contributed by atoms with E-state index in [2.05, 4.69) is 11.1 Å². The zero-order chi connectivity index (χ0) is 23.2. The van der Waals surface area contributed by atoms with Crippen molar-refractivity contribution in [3.05, 3.63) is 71.2 Å². The van der Waals surface area contributed by atoms with Gasteiger partial charge in [-0.05, 0) is 35.9 Å². The van der Waals surface area contributed by atoms with Crippen LogP contribution in [0.2, 0.25) is 0 Å². The number of carbonyl (C=O) groups is 1. The van der Waals surface area contributed by atoms with Crippen LogP contribution in [0.3, 0.4) is 0 Å². The van der Waals surface area contributed by atoms with Crippen molar-refractivity contribution in [2.45, 2.75) is 0 Å². The first-order valence-electron chi connectivity index (χ1n) is 10.5. The summed E-state index contributed by atoms with van der Waals surface area (Å²) in [6.45, 7) is 2.06. The number of nitriles is 1. The Morgan fingerprint density at radius 2 is 1.85 bits per heavy atom. The van der Waals surface area contributed by atoms with Crippen molar-refractivity contribution in [2.75, 3.05) is 45.3 Å². The smallest absolute Gasteiger partial charge is 0.257 e. The Labute approximate surface area is 192 Å². The first-order valence-corrected chi connectivity index (χ1v) is 10.5. The Hall–Kier alpha value is -4.25. The number of para-hydroxylation sites is 1. The van der Waals surface area contributed by atoms with E-state index in [1.165, 1.54) is 0 Å². The second-order valence-electron chi connectivity index (χ2n) is 7.41. The lowest BCUT2D eigenvalue weighted by Gasteiger charge is -2.34. The highest BCUT2D eigenvalue weighted by Gasteiger charge is 2.27. The molecule has 1 aromatic heterocycles. The summed E-state index contributed by atoms with van der Waals surface area (Å²) in [6.07, 6.45) is 3.57. The molecule has 1 aliphatic heterocycles. The molecular formula is C25H24N4O4. The molecule has 0 aliphatic carbocycles. The van der Waals surface area contributed by atoms with E-state index < -0.39 is 0 Å². The first kappa shape index (κ1) is 22.0. The van der Waals surface area contributed by atoms with Crippen LogP contribution in [0.4, 0.5) is 5.88 Å². The van der Waals surface area contributed by atoms with Gasteiger partial charge in [0.05, 0.1) is 19.8 Å². The van der Waals surface area contributed by atoms with E-state index in [-0.39, 0.29) is 11.6 Å². The molecule has 2 aromatic carbocycles. The number of hydrogen-bond acceptors (Lipinski definition) is 7. The van der Waals surface area contributed by atoms with Crippen LogP contribution in [0.15, 0.2) is 52.9 Å². The topological polar surface area (TPSA) is 91.8 Å². The van der Waals surface area contributed by atoms with Crippen LogP contribution in [0.25, 0.3) is 12.2 Å². The molecule has 8 nitrogen and oxygen atoms in total. The van der Waals surface area contributed by atoms with Crippen LogP contribution in [0.5, 0.6) is 11.5 Å². The number of hydrogen-bond donors (Lipinski definition) is 0. The van der Waals surface area contributed by atoms with E-state index in [1.54, 1.807) is 37.3 Å². The Kier molecular flexibility index (Phi) is 6.60. The number of nitrogens with zero attached hydrogens (tertiary/aromatic N) is 4. The molecule has 2 heterocycles. The summed E-state index contributed by atoms with van der Waals surface area (Å²) in [5.74, 6) is 2.00. The molecule has 1 saturated heterocycles. The van der Waals surface area contributed by atoms with Crippen LogP contribution in [-0.2, 0) is 0 Å². The standard InChI is InChI=1S/C25H24N4O4/c1-31-19-7-5-6-18(16-19)10-11-23-27-21(17-26)25(33-23)29-14-12-28(13-15-29)24(30)20-8-3-4-9-22(20)32-2/h3-11,16H,12-15H2,1-2H3/b11-10+. The highest BCUT2D eigenvalue weighted by molar-refractivity contribution is 5.97. The predicted octanol–water partition coefficient (Wildman–Crippen LogP) is 3.70. The van der Waals surface area contributed by atoms with Crippen LogP contribution in [0, 0.1) is 11.3 Å². The van der Waals surface area contributed by atoms with Gasteiger partial charge in [-0.25, -0.2) is 0 Å². The third-order valence-electron chi connectivity index (χ3n) is 5.44. The van der Waals surface area contributed by atoms with Crippen molar-refractivity contribution in [1.29, 1.82) is 5.26 Å². The summed E-state index contributed by atoms with van der Waals surface area (Å²) in [4.78, 5) is 21.0. The van der Waals surface area contributed by atoms with E-state index in [0.29, 0.717) is 49.3 Å². The molecule has 0 spiro atoms. The molecule has 0 bridgehead atoms. The molecule has 1 fully saturated rings. The molecular weight excluding hydrogens is 420 g/mol. The minimum atomic E-state index is -0.0768. The van der Waals surface area contributed by atoms with Crippen LogP contribution < -0.4 is 14.4 Å².